The van der Waals surface area contributed by atoms with Gasteiger partial charge in [-0.1, -0.05) is 6.92 Å². The number of carbonyl (C=O) groups is 2. The summed E-state index contributed by atoms with van der Waals surface area (Å²) < 4.78 is 18.0. The number of nitrogens with one attached hydrogen (secondary N) is 1. The van der Waals surface area contributed by atoms with Crippen LogP contribution in [0.4, 0.5) is 4.39 Å². The van der Waals surface area contributed by atoms with Crippen LogP contribution in [0, 0.1) is 11.7 Å². The van der Waals surface area contributed by atoms with E-state index < -0.39 is 11.9 Å². The van der Waals surface area contributed by atoms with Gasteiger partial charge in [-0.05, 0) is 37.1 Å². The number of ether oxygens (including phenoxy) is 1. The van der Waals surface area contributed by atoms with Gasteiger partial charge in [0.2, 0.25) is 5.91 Å². The molecule has 0 bridgehead atoms. The number of benzene rings is 1. The van der Waals surface area contributed by atoms with E-state index in [0.717, 1.165) is 0 Å². The molecule has 0 saturated carbocycles. The predicted octanol–water partition coefficient (Wildman–Crippen LogP) is 2.21. The molecule has 0 aliphatic carbocycles. The fraction of sp³-hybridized carbons (Fsp3) is 0.467. The monoisotopic (exact) mass is 297 g/mol. The highest BCUT2D eigenvalue weighted by atomic mass is 19.1. The Morgan fingerprint density at radius 3 is 2.57 bits per heavy atom. The molecule has 6 heteroatoms. The van der Waals surface area contributed by atoms with E-state index in [2.05, 4.69) is 5.32 Å². The van der Waals surface area contributed by atoms with Crippen molar-refractivity contribution >= 4 is 11.9 Å². The van der Waals surface area contributed by atoms with Crippen molar-refractivity contribution in [2.75, 3.05) is 13.2 Å². The molecule has 1 unspecified atom stereocenters. The number of aliphatic carboxylic acids is 1. The normalized spacial score (nSPS) is 11.7. The third-order valence-corrected chi connectivity index (χ3v) is 3.02. The summed E-state index contributed by atoms with van der Waals surface area (Å²) in [6.45, 7) is 2.25. The average molecular weight is 297 g/mol. The molecule has 116 valence electrons. The Morgan fingerprint density at radius 2 is 2.00 bits per heavy atom. The van der Waals surface area contributed by atoms with E-state index in [4.69, 9.17) is 9.84 Å². The molecule has 0 aliphatic rings. The summed E-state index contributed by atoms with van der Waals surface area (Å²) in [5.74, 6) is -1.43. The number of carbonyl (C=O) groups excluding carboxylic acids is 1. The number of amides is 1. The molecule has 0 radical (unpaired) electrons. The van der Waals surface area contributed by atoms with Crippen molar-refractivity contribution < 1.29 is 23.8 Å². The Balaban J connectivity index is 2.16. The predicted molar refractivity (Wildman–Crippen MR) is 75.6 cm³/mol. The zero-order chi connectivity index (χ0) is 15.7. The van der Waals surface area contributed by atoms with Crippen LogP contribution in [0.15, 0.2) is 24.3 Å². The van der Waals surface area contributed by atoms with Gasteiger partial charge in [-0.3, -0.25) is 9.59 Å². The fourth-order valence-electron chi connectivity index (χ4n) is 1.69. The maximum absolute atomic E-state index is 12.7. The topological polar surface area (TPSA) is 75.6 Å². The molecule has 1 amide bonds. The van der Waals surface area contributed by atoms with Crippen LogP contribution in [0.25, 0.3) is 0 Å². The summed E-state index contributed by atoms with van der Waals surface area (Å²) in [4.78, 5) is 22.3. The van der Waals surface area contributed by atoms with Crippen LogP contribution in [0.2, 0.25) is 0 Å². The average Bonchev–Trinajstić information content (AvgIpc) is 2.45. The lowest BCUT2D eigenvalue weighted by atomic mass is 10.1. The van der Waals surface area contributed by atoms with Gasteiger partial charge in [0.05, 0.1) is 12.5 Å². The molecule has 0 aliphatic heterocycles. The van der Waals surface area contributed by atoms with Crippen molar-refractivity contribution in [3.63, 3.8) is 0 Å². The molecule has 0 heterocycles. The van der Waals surface area contributed by atoms with Gasteiger partial charge in [0.25, 0.3) is 0 Å². The highest BCUT2D eigenvalue weighted by molar-refractivity contribution is 5.77. The van der Waals surface area contributed by atoms with Crippen molar-refractivity contribution in [3.8, 4) is 5.75 Å². The molecule has 2 N–H and O–H groups in total. The molecule has 1 rings (SSSR count). The number of carboxylic acids is 1. The summed E-state index contributed by atoms with van der Waals surface area (Å²) in [6.07, 6.45) is 1.24. The van der Waals surface area contributed by atoms with E-state index >= 15 is 0 Å². The van der Waals surface area contributed by atoms with Gasteiger partial charge in [0, 0.05) is 13.0 Å². The van der Waals surface area contributed by atoms with Gasteiger partial charge in [0.1, 0.15) is 11.6 Å². The summed E-state index contributed by atoms with van der Waals surface area (Å²) in [5.41, 5.74) is 0. The Morgan fingerprint density at radius 1 is 1.33 bits per heavy atom. The van der Waals surface area contributed by atoms with E-state index in [1.807, 2.05) is 0 Å². The zero-order valence-corrected chi connectivity index (χ0v) is 12.0. The highest BCUT2D eigenvalue weighted by Crippen LogP contribution is 2.11. The van der Waals surface area contributed by atoms with Gasteiger partial charge in [-0.2, -0.15) is 0 Å². The number of hydrogen-bond acceptors (Lipinski definition) is 3. The minimum absolute atomic E-state index is 0.142. The van der Waals surface area contributed by atoms with E-state index in [-0.39, 0.29) is 24.7 Å². The van der Waals surface area contributed by atoms with Crippen LogP contribution < -0.4 is 10.1 Å². The lowest BCUT2D eigenvalue weighted by Crippen LogP contribution is -2.32. The molecule has 0 fully saturated rings. The zero-order valence-electron chi connectivity index (χ0n) is 12.0. The molecule has 1 atom stereocenters. The van der Waals surface area contributed by atoms with Crippen LogP contribution in [0.5, 0.6) is 5.75 Å². The quantitative estimate of drug-likeness (QED) is 0.685. The summed E-state index contributed by atoms with van der Waals surface area (Å²) in [6, 6.07) is 5.65. The Kier molecular flexibility index (Phi) is 7.21. The van der Waals surface area contributed by atoms with Gasteiger partial charge >= 0.3 is 5.97 Å². The lowest BCUT2D eigenvalue weighted by molar-refractivity contribution is -0.141. The van der Waals surface area contributed by atoms with Crippen LogP contribution in [-0.2, 0) is 9.59 Å². The number of carboxylic acid groups (broad SMARTS) is 1. The number of hydrogen-bond donors (Lipinski definition) is 2. The van der Waals surface area contributed by atoms with E-state index in [9.17, 15) is 14.0 Å². The van der Waals surface area contributed by atoms with Crippen molar-refractivity contribution in [1.82, 2.24) is 5.32 Å². The van der Waals surface area contributed by atoms with Crippen molar-refractivity contribution in [2.24, 2.45) is 5.92 Å². The first-order valence-corrected chi connectivity index (χ1v) is 6.90. The minimum atomic E-state index is -0.905. The van der Waals surface area contributed by atoms with E-state index in [0.29, 0.717) is 25.2 Å². The summed E-state index contributed by atoms with van der Waals surface area (Å²) in [7, 11) is 0. The molecule has 1 aromatic carbocycles. The molecule has 1 aromatic rings. The van der Waals surface area contributed by atoms with Crippen LogP contribution in [-0.4, -0.2) is 30.1 Å². The fourth-order valence-corrected chi connectivity index (χ4v) is 1.69. The first-order chi connectivity index (χ1) is 10.0. The molecular weight excluding hydrogens is 277 g/mol. The minimum Gasteiger partial charge on any atom is -0.494 e. The highest BCUT2D eigenvalue weighted by Gasteiger charge is 2.15. The van der Waals surface area contributed by atoms with Gasteiger partial charge in [0.15, 0.2) is 0 Å². The molecule has 0 aromatic heterocycles. The molecular formula is C15H20FNO4. The van der Waals surface area contributed by atoms with E-state index in [1.165, 1.54) is 24.3 Å². The number of rotatable bonds is 9. The molecule has 0 spiro atoms. The van der Waals surface area contributed by atoms with Crippen molar-refractivity contribution in [1.29, 1.82) is 0 Å². The van der Waals surface area contributed by atoms with Gasteiger partial charge < -0.3 is 15.2 Å². The van der Waals surface area contributed by atoms with Crippen LogP contribution in [0.3, 0.4) is 0 Å². The largest absolute Gasteiger partial charge is 0.494 e. The summed E-state index contributed by atoms with van der Waals surface area (Å²) >= 11 is 0. The van der Waals surface area contributed by atoms with Gasteiger partial charge in [-0.25, -0.2) is 4.39 Å². The Labute approximate surface area is 123 Å². The molecule has 5 nitrogen and oxygen atoms in total. The second-order valence-electron chi connectivity index (χ2n) is 4.65. The van der Waals surface area contributed by atoms with Crippen molar-refractivity contribution in [2.45, 2.75) is 26.2 Å². The Hall–Kier alpha value is -2.11. The summed E-state index contributed by atoms with van der Waals surface area (Å²) in [5, 5.41) is 11.4. The second kappa shape index (κ2) is 8.94. The third kappa shape index (κ3) is 6.74. The SMILES string of the molecule is CCC(CNC(=O)CCCOc1ccc(F)cc1)C(=O)O. The van der Waals surface area contributed by atoms with E-state index in [1.54, 1.807) is 6.92 Å². The van der Waals surface area contributed by atoms with Crippen LogP contribution in [0.1, 0.15) is 26.2 Å². The maximum atomic E-state index is 12.7. The smallest absolute Gasteiger partial charge is 0.308 e. The van der Waals surface area contributed by atoms with Gasteiger partial charge in [-0.15, -0.1) is 0 Å². The molecule has 0 saturated heterocycles. The lowest BCUT2D eigenvalue weighted by Gasteiger charge is -2.11. The Bertz CT molecular complexity index is 461. The first kappa shape index (κ1) is 16.9. The maximum Gasteiger partial charge on any atom is 0.308 e. The number of halogens is 1. The standard InChI is InChI=1S/C15H20FNO4/c1-2-11(15(19)20)10-17-14(18)4-3-9-21-13-7-5-12(16)6-8-13/h5-8,11H,2-4,9-10H2,1H3,(H,17,18)(H,19,20). The first-order valence-electron chi connectivity index (χ1n) is 6.90. The van der Waals surface area contributed by atoms with Crippen molar-refractivity contribution in [3.05, 3.63) is 30.1 Å². The third-order valence-electron chi connectivity index (χ3n) is 3.02. The second-order valence-corrected chi connectivity index (χ2v) is 4.65. The van der Waals surface area contributed by atoms with Crippen LogP contribution >= 0.6 is 0 Å². The molecule has 21 heavy (non-hydrogen) atoms.